The lowest BCUT2D eigenvalue weighted by Gasteiger charge is -2.39. The predicted octanol–water partition coefficient (Wildman–Crippen LogP) is 2.22. The number of rotatable bonds is 4. The lowest BCUT2D eigenvalue weighted by molar-refractivity contribution is -0.0846. The van der Waals surface area contributed by atoms with Crippen molar-refractivity contribution in [2.45, 2.75) is 51.6 Å². The van der Waals surface area contributed by atoms with Gasteiger partial charge in [-0.3, -0.25) is 0 Å². The maximum absolute atomic E-state index is 5.62. The van der Waals surface area contributed by atoms with Gasteiger partial charge in [0.2, 0.25) is 0 Å². The normalized spacial score (nSPS) is 17.7. The Kier molecular flexibility index (Phi) is 3.54. The summed E-state index contributed by atoms with van der Waals surface area (Å²) < 4.78 is 5.62. The van der Waals surface area contributed by atoms with Crippen LogP contribution in [0.3, 0.4) is 0 Å². The molecule has 1 heterocycles. The van der Waals surface area contributed by atoms with Crippen LogP contribution < -0.4 is 11.3 Å². The van der Waals surface area contributed by atoms with Gasteiger partial charge in [0.15, 0.2) is 5.82 Å². The minimum atomic E-state index is -0.300. The first kappa shape index (κ1) is 13.2. The highest BCUT2D eigenvalue weighted by molar-refractivity contribution is 5.48. The molecule has 100 valence electrons. The van der Waals surface area contributed by atoms with Crippen LogP contribution in [0.5, 0.6) is 0 Å². The summed E-state index contributed by atoms with van der Waals surface area (Å²) in [6.07, 6.45) is 3.12. The molecule has 1 aromatic rings. The molecule has 0 unspecified atom stereocenters. The van der Waals surface area contributed by atoms with E-state index in [9.17, 15) is 0 Å². The molecule has 1 saturated carbocycles. The van der Waals surface area contributed by atoms with Crippen molar-refractivity contribution in [1.82, 2.24) is 9.97 Å². The van der Waals surface area contributed by atoms with Crippen LogP contribution in [-0.4, -0.2) is 17.1 Å². The molecular weight excluding hydrogens is 228 g/mol. The molecule has 0 saturated heterocycles. The number of hydrogen-bond acceptors (Lipinski definition) is 5. The van der Waals surface area contributed by atoms with E-state index in [4.69, 9.17) is 10.6 Å². The number of nitrogen functional groups attached to an aromatic ring is 1. The second-order valence-corrected chi connectivity index (χ2v) is 5.25. The largest absolute Gasteiger partial charge is 0.370 e. The summed E-state index contributed by atoms with van der Waals surface area (Å²) in [5.41, 5.74) is 4.45. The van der Waals surface area contributed by atoms with Gasteiger partial charge in [-0.25, -0.2) is 15.8 Å². The zero-order chi connectivity index (χ0) is 13.3. The Bertz CT molecular complexity index is 435. The summed E-state index contributed by atoms with van der Waals surface area (Å²) in [4.78, 5) is 9.20. The molecule has 5 nitrogen and oxygen atoms in total. The van der Waals surface area contributed by atoms with Crippen LogP contribution in [-0.2, 0) is 10.3 Å². The van der Waals surface area contributed by atoms with Crippen molar-refractivity contribution in [3.05, 3.63) is 17.1 Å². The molecule has 3 N–H and O–H groups in total. The Morgan fingerprint density at radius 2 is 2.00 bits per heavy atom. The van der Waals surface area contributed by atoms with Gasteiger partial charge >= 0.3 is 0 Å². The maximum atomic E-state index is 5.62. The molecule has 2 rings (SSSR count). The average molecular weight is 250 g/mol. The Morgan fingerprint density at radius 1 is 1.33 bits per heavy atom. The summed E-state index contributed by atoms with van der Waals surface area (Å²) >= 11 is 0. The van der Waals surface area contributed by atoms with E-state index < -0.39 is 0 Å². The van der Waals surface area contributed by atoms with Gasteiger partial charge in [-0.1, -0.05) is 13.8 Å². The van der Waals surface area contributed by atoms with Gasteiger partial charge in [-0.2, -0.15) is 0 Å². The second-order valence-electron chi connectivity index (χ2n) is 5.25. The van der Waals surface area contributed by atoms with E-state index in [0.29, 0.717) is 5.92 Å². The van der Waals surface area contributed by atoms with Crippen LogP contribution in [0.1, 0.15) is 56.1 Å². The van der Waals surface area contributed by atoms with Gasteiger partial charge in [0.1, 0.15) is 11.4 Å². The van der Waals surface area contributed by atoms with E-state index in [1.807, 2.05) is 6.92 Å². The zero-order valence-electron chi connectivity index (χ0n) is 11.6. The molecule has 1 fully saturated rings. The van der Waals surface area contributed by atoms with E-state index in [0.717, 1.165) is 42.2 Å². The highest BCUT2D eigenvalue weighted by Crippen LogP contribution is 2.43. The van der Waals surface area contributed by atoms with E-state index >= 15 is 0 Å². The summed E-state index contributed by atoms with van der Waals surface area (Å²) in [6, 6.07) is 0. The van der Waals surface area contributed by atoms with Crippen molar-refractivity contribution >= 4 is 5.82 Å². The number of hydrogen-bond donors (Lipinski definition) is 2. The molecule has 0 aromatic carbocycles. The summed E-state index contributed by atoms with van der Waals surface area (Å²) in [6.45, 7) is 6.23. The monoisotopic (exact) mass is 250 g/mol. The summed E-state index contributed by atoms with van der Waals surface area (Å²) in [5, 5.41) is 0. The second kappa shape index (κ2) is 4.82. The minimum Gasteiger partial charge on any atom is -0.370 e. The summed E-state index contributed by atoms with van der Waals surface area (Å²) in [7, 11) is 1.73. The third-order valence-corrected chi connectivity index (χ3v) is 3.81. The number of aromatic nitrogens is 2. The van der Waals surface area contributed by atoms with Gasteiger partial charge in [0.25, 0.3) is 0 Å². The third-order valence-electron chi connectivity index (χ3n) is 3.81. The number of aryl methyl sites for hydroxylation is 1. The van der Waals surface area contributed by atoms with E-state index in [1.165, 1.54) is 0 Å². The molecule has 0 amide bonds. The van der Waals surface area contributed by atoms with Gasteiger partial charge in [0, 0.05) is 18.4 Å². The highest BCUT2D eigenvalue weighted by atomic mass is 16.5. The van der Waals surface area contributed by atoms with Crippen molar-refractivity contribution in [2.24, 2.45) is 5.84 Å². The van der Waals surface area contributed by atoms with Crippen LogP contribution in [0.15, 0.2) is 0 Å². The number of nitrogens with zero attached hydrogens (tertiary/aromatic N) is 2. The fraction of sp³-hybridized carbons (Fsp3) is 0.692. The average Bonchev–Trinajstić information content (AvgIpc) is 2.26. The molecule has 1 aliphatic rings. The van der Waals surface area contributed by atoms with Crippen molar-refractivity contribution in [3.8, 4) is 0 Å². The van der Waals surface area contributed by atoms with Gasteiger partial charge < -0.3 is 10.2 Å². The number of nitrogens with one attached hydrogen (secondary N) is 1. The van der Waals surface area contributed by atoms with Crippen LogP contribution in [0.25, 0.3) is 0 Å². The Balaban J connectivity index is 2.49. The molecule has 0 aliphatic heterocycles. The van der Waals surface area contributed by atoms with Crippen LogP contribution in [0.4, 0.5) is 5.82 Å². The number of hydrazine groups is 1. The lowest BCUT2D eigenvalue weighted by atomic mass is 9.79. The van der Waals surface area contributed by atoms with Crippen molar-refractivity contribution in [1.29, 1.82) is 0 Å². The number of methoxy groups -OCH3 is 1. The molecule has 0 bridgehead atoms. The molecule has 1 aromatic heterocycles. The van der Waals surface area contributed by atoms with Crippen molar-refractivity contribution in [3.63, 3.8) is 0 Å². The van der Waals surface area contributed by atoms with Gasteiger partial charge in [-0.15, -0.1) is 0 Å². The molecule has 0 atom stereocenters. The molecule has 5 heteroatoms. The molecule has 0 spiro atoms. The fourth-order valence-corrected chi connectivity index (χ4v) is 2.60. The molecule has 18 heavy (non-hydrogen) atoms. The van der Waals surface area contributed by atoms with Gasteiger partial charge in [0.05, 0.1) is 0 Å². The first-order valence-corrected chi connectivity index (χ1v) is 6.45. The van der Waals surface area contributed by atoms with Crippen molar-refractivity contribution < 1.29 is 4.74 Å². The summed E-state index contributed by atoms with van der Waals surface area (Å²) in [5.74, 6) is 7.40. The zero-order valence-corrected chi connectivity index (χ0v) is 11.6. The Hall–Kier alpha value is -1.20. The molecular formula is C13H22N4O. The predicted molar refractivity (Wildman–Crippen MR) is 71.2 cm³/mol. The highest BCUT2D eigenvalue weighted by Gasteiger charge is 2.42. The quantitative estimate of drug-likeness (QED) is 0.633. The molecule has 1 aliphatic carbocycles. The first-order chi connectivity index (χ1) is 8.54. The van der Waals surface area contributed by atoms with Gasteiger partial charge in [-0.05, 0) is 32.1 Å². The van der Waals surface area contributed by atoms with Crippen LogP contribution in [0, 0.1) is 6.92 Å². The van der Waals surface area contributed by atoms with Crippen LogP contribution in [0.2, 0.25) is 0 Å². The molecule has 0 radical (unpaired) electrons. The minimum absolute atomic E-state index is 0.300. The number of anilines is 1. The Morgan fingerprint density at radius 3 is 2.39 bits per heavy atom. The topological polar surface area (TPSA) is 73.1 Å². The van der Waals surface area contributed by atoms with Crippen LogP contribution >= 0.6 is 0 Å². The van der Waals surface area contributed by atoms with E-state index in [-0.39, 0.29) is 5.60 Å². The first-order valence-electron chi connectivity index (χ1n) is 6.45. The third kappa shape index (κ3) is 1.97. The van der Waals surface area contributed by atoms with Crippen molar-refractivity contribution in [2.75, 3.05) is 12.5 Å². The smallest absolute Gasteiger partial charge is 0.162 e. The van der Waals surface area contributed by atoms with E-state index in [2.05, 4.69) is 29.2 Å². The lowest BCUT2D eigenvalue weighted by Crippen LogP contribution is -2.38. The number of ether oxygens (including phenoxy) is 1. The van der Waals surface area contributed by atoms with E-state index in [1.54, 1.807) is 7.11 Å². The standard InChI is InChI=1S/C13H22N4O/c1-8(2)10-9(3)15-12(16-11(10)17-14)13(18-4)6-5-7-13/h8H,5-7,14H2,1-4H3,(H,15,16,17). The Labute approximate surface area is 108 Å². The fourth-order valence-electron chi connectivity index (χ4n) is 2.60. The maximum Gasteiger partial charge on any atom is 0.162 e. The SMILES string of the molecule is COC1(c2nc(C)c(C(C)C)c(NN)n2)CCC1. The number of nitrogens with two attached hydrogens (primary N) is 1.